The van der Waals surface area contributed by atoms with Crippen LogP contribution < -0.4 is 10.6 Å². The maximum atomic E-state index is 12.5. The number of anilines is 1. The van der Waals surface area contributed by atoms with Crippen molar-refractivity contribution in [2.45, 2.75) is 33.7 Å². The number of benzene rings is 1. The Balaban J connectivity index is 2.32. The third-order valence-corrected chi connectivity index (χ3v) is 4.56. The van der Waals surface area contributed by atoms with Crippen LogP contribution in [0.4, 0.5) is 5.00 Å². The number of amides is 1. The lowest BCUT2D eigenvalue weighted by molar-refractivity contribution is -0.672. The first-order chi connectivity index (χ1) is 11.9. The Morgan fingerprint density at radius 1 is 1.24 bits per heavy atom. The predicted octanol–water partition coefficient (Wildman–Crippen LogP) is 2.81. The van der Waals surface area contributed by atoms with Crippen LogP contribution >= 0.6 is 11.3 Å². The molecule has 0 aliphatic rings. The highest BCUT2D eigenvalue weighted by molar-refractivity contribution is 7.15. The maximum absolute atomic E-state index is 12.5. The van der Waals surface area contributed by atoms with Crippen molar-refractivity contribution in [3.63, 3.8) is 0 Å². The number of rotatable bonds is 7. The minimum absolute atomic E-state index is 0.128. The van der Waals surface area contributed by atoms with Crippen molar-refractivity contribution in [1.82, 2.24) is 0 Å². The third kappa shape index (κ3) is 5.14. The molecule has 0 spiro atoms. The number of quaternary nitrogens is 1. The van der Waals surface area contributed by atoms with Gasteiger partial charge in [-0.05, 0) is 33.3 Å². The molecule has 0 bridgehead atoms. The lowest BCUT2D eigenvalue weighted by Crippen LogP contribution is -2.90. The number of ether oxygens (including phenoxy) is 1. The van der Waals surface area contributed by atoms with Crippen LogP contribution in [0.1, 0.15) is 36.7 Å². The SMILES string of the molecule is CCOC(=O)c1c(-c2ccc(C)cc2)csc1NC(=O)C[NH2+]C(C)C. The minimum atomic E-state index is -0.414. The fourth-order valence-electron chi connectivity index (χ4n) is 2.32. The van der Waals surface area contributed by atoms with Crippen molar-refractivity contribution in [3.05, 3.63) is 40.8 Å². The Kier molecular flexibility index (Phi) is 6.73. The van der Waals surface area contributed by atoms with Gasteiger partial charge in [0.05, 0.1) is 12.6 Å². The molecule has 0 atom stereocenters. The molecule has 0 saturated carbocycles. The zero-order valence-electron chi connectivity index (χ0n) is 15.1. The number of thiophene rings is 1. The third-order valence-electron chi connectivity index (χ3n) is 3.66. The first-order valence-electron chi connectivity index (χ1n) is 8.41. The summed E-state index contributed by atoms with van der Waals surface area (Å²) in [4.78, 5) is 24.6. The molecule has 1 heterocycles. The van der Waals surface area contributed by atoms with Gasteiger partial charge in [0.15, 0.2) is 6.54 Å². The van der Waals surface area contributed by atoms with E-state index in [-0.39, 0.29) is 12.5 Å². The van der Waals surface area contributed by atoms with Gasteiger partial charge < -0.3 is 15.4 Å². The van der Waals surface area contributed by atoms with E-state index in [2.05, 4.69) is 5.32 Å². The first-order valence-corrected chi connectivity index (χ1v) is 9.29. The van der Waals surface area contributed by atoms with Crippen LogP contribution in [-0.2, 0) is 9.53 Å². The minimum Gasteiger partial charge on any atom is -0.462 e. The second-order valence-corrected chi connectivity index (χ2v) is 7.05. The average molecular weight is 361 g/mol. The van der Waals surface area contributed by atoms with Crippen molar-refractivity contribution in [2.24, 2.45) is 0 Å². The predicted molar refractivity (Wildman–Crippen MR) is 101 cm³/mol. The quantitative estimate of drug-likeness (QED) is 0.745. The van der Waals surface area contributed by atoms with E-state index in [1.165, 1.54) is 11.3 Å². The van der Waals surface area contributed by atoms with Crippen molar-refractivity contribution in [2.75, 3.05) is 18.5 Å². The van der Waals surface area contributed by atoms with E-state index in [1.54, 1.807) is 6.92 Å². The molecular weight excluding hydrogens is 336 g/mol. The molecule has 5 nitrogen and oxygen atoms in total. The summed E-state index contributed by atoms with van der Waals surface area (Å²) in [5, 5.41) is 7.22. The van der Waals surface area contributed by atoms with Gasteiger partial charge >= 0.3 is 5.97 Å². The highest BCUT2D eigenvalue weighted by Gasteiger charge is 2.23. The van der Waals surface area contributed by atoms with Crippen molar-refractivity contribution in [1.29, 1.82) is 0 Å². The highest BCUT2D eigenvalue weighted by Crippen LogP contribution is 2.36. The zero-order chi connectivity index (χ0) is 18.4. The van der Waals surface area contributed by atoms with Gasteiger partial charge in [0.25, 0.3) is 5.91 Å². The number of hydrogen-bond donors (Lipinski definition) is 2. The highest BCUT2D eigenvalue weighted by atomic mass is 32.1. The van der Waals surface area contributed by atoms with Crippen LogP contribution in [0.2, 0.25) is 0 Å². The molecule has 0 aliphatic heterocycles. The van der Waals surface area contributed by atoms with Gasteiger partial charge in [0.2, 0.25) is 0 Å². The van der Waals surface area contributed by atoms with Crippen molar-refractivity contribution in [3.8, 4) is 11.1 Å². The Morgan fingerprint density at radius 2 is 1.92 bits per heavy atom. The van der Waals surface area contributed by atoms with Crippen LogP contribution in [0.5, 0.6) is 0 Å². The van der Waals surface area contributed by atoms with Crippen LogP contribution in [0.15, 0.2) is 29.6 Å². The summed E-state index contributed by atoms with van der Waals surface area (Å²) in [5.41, 5.74) is 3.29. The van der Waals surface area contributed by atoms with Gasteiger partial charge in [-0.15, -0.1) is 11.3 Å². The van der Waals surface area contributed by atoms with E-state index in [0.29, 0.717) is 23.2 Å². The molecule has 1 amide bonds. The summed E-state index contributed by atoms with van der Waals surface area (Å²) in [5.74, 6) is -0.543. The molecule has 3 N–H and O–H groups in total. The molecule has 1 aromatic heterocycles. The van der Waals surface area contributed by atoms with Gasteiger partial charge in [-0.3, -0.25) is 4.79 Å². The van der Waals surface area contributed by atoms with Gasteiger partial charge in [0.1, 0.15) is 10.6 Å². The summed E-state index contributed by atoms with van der Waals surface area (Å²) >= 11 is 1.35. The number of nitrogens with one attached hydrogen (secondary N) is 1. The van der Waals surface area contributed by atoms with Crippen LogP contribution in [0.3, 0.4) is 0 Å². The zero-order valence-corrected chi connectivity index (χ0v) is 15.9. The molecule has 0 aliphatic carbocycles. The molecule has 0 radical (unpaired) electrons. The molecule has 0 fully saturated rings. The fraction of sp³-hybridized carbons (Fsp3) is 0.368. The fourth-order valence-corrected chi connectivity index (χ4v) is 3.30. The molecule has 2 aromatic rings. The summed E-state index contributed by atoms with van der Waals surface area (Å²) in [7, 11) is 0. The molecule has 2 rings (SSSR count). The number of carbonyl (C=O) groups is 2. The van der Waals surface area contributed by atoms with E-state index in [9.17, 15) is 9.59 Å². The molecule has 134 valence electrons. The summed E-state index contributed by atoms with van der Waals surface area (Å²) in [6, 6.07) is 8.27. The van der Waals surface area contributed by atoms with Gasteiger partial charge in [-0.25, -0.2) is 4.79 Å². The summed E-state index contributed by atoms with van der Waals surface area (Å²) < 4.78 is 5.20. The Hall–Kier alpha value is -2.18. The lowest BCUT2D eigenvalue weighted by atomic mass is 10.0. The Morgan fingerprint density at radius 3 is 2.52 bits per heavy atom. The van der Waals surface area contributed by atoms with Gasteiger partial charge in [0, 0.05) is 10.9 Å². The standard InChI is InChI=1S/C19H24N2O3S/c1-5-24-19(23)17-15(14-8-6-13(4)7-9-14)11-25-18(17)21-16(22)10-20-12(2)3/h6-9,11-12,20H,5,10H2,1-4H3,(H,21,22)/p+1. The van der Waals surface area contributed by atoms with Crippen LogP contribution in [-0.4, -0.2) is 31.1 Å². The molecule has 0 unspecified atom stereocenters. The smallest absolute Gasteiger partial charge is 0.341 e. The van der Waals surface area contributed by atoms with E-state index < -0.39 is 5.97 Å². The Bertz CT molecular complexity index is 736. The maximum Gasteiger partial charge on any atom is 0.341 e. The molecule has 6 heteroatoms. The van der Waals surface area contributed by atoms with Crippen LogP contribution in [0.25, 0.3) is 11.1 Å². The second-order valence-electron chi connectivity index (χ2n) is 6.17. The van der Waals surface area contributed by atoms with Crippen molar-refractivity contribution >= 4 is 28.2 Å². The topological polar surface area (TPSA) is 72.0 Å². The molecule has 1 aromatic carbocycles. The number of carbonyl (C=O) groups excluding carboxylic acids is 2. The second kappa shape index (κ2) is 8.78. The number of hydrogen-bond acceptors (Lipinski definition) is 4. The summed E-state index contributed by atoms with van der Waals surface area (Å²) in [6.45, 7) is 8.44. The van der Waals surface area contributed by atoms with Crippen molar-refractivity contribution < 1.29 is 19.6 Å². The largest absolute Gasteiger partial charge is 0.462 e. The monoisotopic (exact) mass is 361 g/mol. The Labute approximate surface area is 152 Å². The first kappa shape index (κ1) is 19.1. The lowest BCUT2D eigenvalue weighted by Gasteiger charge is -2.09. The molecule has 25 heavy (non-hydrogen) atoms. The van der Waals surface area contributed by atoms with E-state index in [4.69, 9.17) is 4.74 Å². The normalized spacial score (nSPS) is 10.8. The number of aryl methyl sites for hydroxylation is 1. The van der Waals surface area contributed by atoms with E-state index in [0.717, 1.165) is 16.7 Å². The number of esters is 1. The van der Waals surface area contributed by atoms with Gasteiger partial charge in [-0.2, -0.15) is 0 Å². The van der Waals surface area contributed by atoms with Gasteiger partial charge in [-0.1, -0.05) is 29.8 Å². The van der Waals surface area contributed by atoms with E-state index in [1.807, 2.05) is 55.7 Å². The van der Waals surface area contributed by atoms with E-state index >= 15 is 0 Å². The molecular formula is C19H25N2O3S+. The summed E-state index contributed by atoms with van der Waals surface area (Å²) in [6.07, 6.45) is 0. The average Bonchev–Trinajstić information content (AvgIpc) is 2.97. The molecule has 0 saturated heterocycles. The van der Waals surface area contributed by atoms with Crippen LogP contribution in [0, 0.1) is 6.92 Å². The number of nitrogens with two attached hydrogens (primary N) is 1.